The quantitative estimate of drug-likeness (QED) is 0.543. The molecular weight excluding hydrogens is 340 g/mol. The summed E-state index contributed by atoms with van der Waals surface area (Å²) in [5.41, 5.74) is 2.14. The number of ketones is 2. The van der Waals surface area contributed by atoms with Crippen molar-refractivity contribution >= 4 is 23.2 Å². The Bertz CT molecular complexity index is 980. The first-order valence-electron chi connectivity index (χ1n) is 8.53. The first-order chi connectivity index (χ1) is 13.0. The Hall–Kier alpha value is -3.60. The van der Waals surface area contributed by atoms with Crippen molar-refractivity contribution < 1.29 is 19.0 Å². The summed E-state index contributed by atoms with van der Waals surface area (Å²) in [5, 5.41) is 2.76. The van der Waals surface area contributed by atoms with Crippen molar-refractivity contribution in [1.82, 2.24) is 0 Å². The lowest BCUT2D eigenvalue weighted by atomic mass is 10.0. The maximum absolute atomic E-state index is 12.4. The molecule has 1 amide bonds. The number of amides is 1. The predicted molar refractivity (Wildman–Crippen MR) is 102 cm³/mol. The van der Waals surface area contributed by atoms with Gasteiger partial charge >= 0.3 is 0 Å². The highest BCUT2D eigenvalue weighted by Crippen LogP contribution is 2.15. The lowest BCUT2D eigenvalue weighted by Gasteiger charge is -2.07. The molecule has 3 rings (SSSR count). The van der Waals surface area contributed by atoms with Gasteiger partial charge in [-0.1, -0.05) is 42.5 Å². The number of hydrogen-bond donors (Lipinski definition) is 1. The molecule has 0 unspecified atom stereocenters. The van der Waals surface area contributed by atoms with E-state index in [9.17, 15) is 14.4 Å². The zero-order valence-electron chi connectivity index (χ0n) is 14.9. The third-order valence-corrected chi connectivity index (χ3v) is 4.10. The van der Waals surface area contributed by atoms with Gasteiger partial charge in [-0.15, -0.1) is 0 Å². The van der Waals surface area contributed by atoms with Gasteiger partial charge in [0.15, 0.2) is 24.0 Å². The summed E-state index contributed by atoms with van der Waals surface area (Å²) >= 11 is 0. The highest BCUT2D eigenvalue weighted by molar-refractivity contribution is 6.08. The standard InChI is InChI=1S/C22H18N2O3/c1-16(25)19-9-5-6-10-20(19)23-21(26)15-24-13-11-18(12-14-24)22(27)17-7-3-2-4-8-17/h2-14H,15H2,1H3/p+1. The van der Waals surface area contributed by atoms with E-state index in [-0.39, 0.29) is 24.0 Å². The molecule has 0 bridgehead atoms. The molecule has 1 N–H and O–H groups in total. The minimum absolute atomic E-state index is 0.0670. The number of benzene rings is 2. The van der Waals surface area contributed by atoms with Crippen molar-refractivity contribution in [3.05, 3.63) is 95.8 Å². The largest absolute Gasteiger partial charge is 0.320 e. The Labute approximate surface area is 157 Å². The monoisotopic (exact) mass is 359 g/mol. The molecule has 5 nitrogen and oxygen atoms in total. The molecule has 3 aromatic rings. The zero-order valence-corrected chi connectivity index (χ0v) is 14.9. The van der Waals surface area contributed by atoms with Crippen LogP contribution in [0.5, 0.6) is 0 Å². The minimum Gasteiger partial charge on any atom is -0.320 e. The van der Waals surface area contributed by atoms with Gasteiger partial charge in [-0.25, -0.2) is 0 Å². The Balaban J connectivity index is 1.67. The van der Waals surface area contributed by atoms with Gasteiger partial charge < -0.3 is 5.32 Å². The summed E-state index contributed by atoms with van der Waals surface area (Å²) < 4.78 is 1.67. The van der Waals surface area contributed by atoms with E-state index in [0.29, 0.717) is 22.4 Å². The van der Waals surface area contributed by atoms with Crippen LogP contribution >= 0.6 is 0 Å². The lowest BCUT2D eigenvalue weighted by molar-refractivity contribution is -0.684. The highest BCUT2D eigenvalue weighted by Gasteiger charge is 2.15. The Morgan fingerprint density at radius 2 is 1.41 bits per heavy atom. The molecule has 134 valence electrons. The Morgan fingerprint density at radius 3 is 2.07 bits per heavy atom. The van der Waals surface area contributed by atoms with E-state index in [1.807, 2.05) is 18.2 Å². The van der Waals surface area contributed by atoms with Crippen molar-refractivity contribution in [1.29, 1.82) is 0 Å². The third kappa shape index (κ3) is 4.52. The van der Waals surface area contributed by atoms with Crippen LogP contribution < -0.4 is 9.88 Å². The molecule has 27 heavy (non-hydrogen) atoms. The third-order valence-electron chi connectivity index (χ3n) is 4.10. The number of carbonyl (C=O) groups is 3. The van der Waals surface area contributed by atoms with Gasteiger partial charge in [-0.3, -0.25) is 14.4 Å². The number of anilines is 1. The van der Waals surface area contributed by atoms with Crippen LogP contribution in [0, 0.1) is 0 Å². The molecule has 1 heterocycles. The molecule has 0 aliphatic heterocycles. The number of nitrogens with zero attached hydrogens (tertiary/aromatic N) is 1. The van der Waals surface area contributed by atoms with Gasteiger partial charge in [-0.05, 0) is 19.1 Å². The van der Waals surface area contributed by atoms with Gasteiger partial charge in [0.25, 0.3) is 5.91 Å². The van der Waals surface area contributed by atoms with Crippen LogP contribution in [0.4, 0.5) is 5.69 Å². The van der Waals surface area contributed by atoms with Crippen LogP contribution in [0.1, 0.15) is 33.2 Å². The zero-order chi connectivity index (χ0) is 19.2. The second-order valence-electron chi connectivity index (χ2n) is 6.10. The van der Waals surface area contributed by atoms with E-state index in [1.54, 1.807) is 65.5 Å². The Morgan fingerprint density at radius 1 is 0.815 bits per heavy atom. The minimum atomic E-state index is -0.254. The second-order valence-corrected chi connectivity index (χ2v) is 6.10. The molecule has 0 radical (unpaired) electrons. The molecule has 0 aliphatic rings. The average Bonchev–Trinajstić information content (AvgIpc) is 2.69. The van der Waals surface area contributed by atoms with E-state index in [1.165, 1.54) is 6.92 Å². The number of aromatic nitrogens is 1. The van der Waals surface area contributed by atoms with Gasteiger partial charge in [0.05, 0.1) is 5.69 Å². The summed E-state index contributed by atoms with van der Waals surface area (Å²) in [6, 6.07) is 19.3. The van der Waals surface area contributed by atoms with Crippen LogP contribution in [0.2, 0.25) is 0 Å². The highest BCUT2D eigenvalue weighted by atomic mass is 16.2. The maximum atomic E-state index is 12.4. The van der Waals surface area contributed by atoms with Crippen molar-refractivity contribution in [2.24, 2.45) is 0 Å². The topological polar surface area (TPSA) is 67.1 Å². The van der Waals surface area contributed by atoms with Gasteiger partial charge in [0.2, 0.25) is 6.54 Å². The van der Waals surface area contributed by atoms with E-state index in [0.717, 1.165) is 0 Å². The molecule has 2 aromatic carbocycles. The number of Topliss-reactive ketones (excluding diaryl/α,β-unsaturated/α-hetero) is 1. The molecule has 0 fully saturated rings. The molecule has 0 saturated heterocycles. The number of pyridine rings is 1. The van der Waals surface area contributed by atoms with E-state index in [4.69, 9.17) is 0 Å². The van der Waals surface area contributed by atoms with E-state index in [2.05, 4.69) is 5.32 Å². The van der Waals surface area contributed by atoms with Gasteiger partial charge in [0, 0.05) is 28.8 Å². The predicted octanol–water partition coefficient (Wildman–Crippen LogP) is 3.05. The van der Waals surface area contributed by atoms with E-state index >= 15 is 0 Å². The first-order valence-corrected chi connectivity index (χ1v) is 8.53. The van der Waals surface area contributed by atoms with Crippen LogP contribution in [0.15, 0.2) is 79.1 Å². The molecule has 0 spiro atoms. The summed E-state index contributed by atoms with van der Waals surface area (Å²) in [4.78, 5) is 36.3. The summed E-state index contributed by atoms with van der Waals surface area (Å²) in [6.07, 6.45) is 3.37. The fraction of sp³-hybridized carbons (Fsp3) is 0.0909. The van der Waals surface area contributed by atoms with Gasteiger partial charge in [-0.2, -0.15) is 4.57 Å². The first kappa shape index (κ1) is 18.2. The summed E-state index contributed by atoms with van der Waals surface area (Å²) in [6.45, 7) is 1.54. The van der Waals surface area contributed by atoms with Crippen LogP contribution in [0.25, 0.3) is 0 Å². The summed E-state index contributed by atoms with van der Waals surface area (Å²) in [7, 11) is 0. The van der Waals surface area contributed by atoms with E-state index < -0.39 is 0 Å². The number of para-hydroxylation sites is 1. The fourth-order valence-electron chi connectivity index (χ4n) is 2.72. The summed E-state index contributed by atoms with van der Waals surface area (Å²) in [5.74, 6) is -0.430. The molecule has 0 saturated carbocycles. The van der Waals surface area contributed by atoms with Crippen molar-refractivity contribution in [2.45, 2.75) is 13.5 Å². The number of carbonyl (C=O) groups excluding carboxylic acids is 3. The molecular formula is C22H19N2O3+. The fourth-order valence-corrected chi connectivity index (χ4v) is 2.72. The second kappa shape index (κ2) is 8.19. The average molecular weight is 359 g/mol. The number of hydrogen-bond acceptors (Lipinski definition) is 3. The van der Waals surface area contributed by atoms with Crippen LogP contribution in [-0.2, 0) is 11.3 Å². The smallest absolute Gasteiger partial charge is 0.290 e. The molecule has 1 aromatic heterocycles. The van der Waals surface area contributed by atoms with Crippen LogP contribution in [-0.4, -0.2) is 17.5 Å². The normalized spacial score (nSPS) is 10.3. The number of nitrogens with one attached hydrogen (secondary N) is 1. The Kier molecular flexibility index (Phi) is 5.52. The van der Waals surface area contributed by atoms with Crippen molar-refractivity contribution in [3.8, 4) is 0 Å². The lowest BCUT2D eigenvalue weighted by Crippen LogP contribution is -2.39. The van der Waals surface area contributed by atoms with Crippen molar-refractivity contribution in [3.63, 3.8) is 0 Å². The SMILES string of the molecule is CC(=O)c1ccccc1NC(=O)C[n+]1ccc(C(=O)c2ccccc2)cc1. The molecule has 5 heteroatoms. The maximum Gasteiger partial charge on any atom is 0.290 e. The van der Waals surface area contributed by atoms with Crippen molar-refractivity contribution in [2.75, 3.05) is 5.32 Å². The molecule has 0 atom stereocenters. The molecule has 0 aliphatic carbocycles. The van der Waals surface area contributed by atoms with Gasteiger partial charge in [0.1, 0.15) is 0 Å². The van der Waals surface area contributed by atoms with Crippen LogP contribution in [0.3, 0.4) is 0 Å². The number of rotatable bonds is 6.